The van der Waals surface area contributed by atoms with E-state index in [-0.39, 0.29) is 11.5 Å². The molecule has 3 aromatic rings. The van der Waals surface area contributed by atoms with Crippen LogP contribution in [-0.2, 0) is 15.5 Å². The summed E-state index contributed by atoms with van der Waals surface area (Å²) in [5.41, 5.74) is 2.02. The summed E-state index contributed by atoms with van der Waals surface area (Å²) in [5, 5.41) is 0.413. The van der Waals surface area contributed by atoms with Gasteiger partial charge in [0.05, 0.1) is 10.8 Å². The van der Waals surface area contributed by atoms with E-state index in [1.165, 1.54) is 0 Å². The van der Waals surface area contributed by atoms with Crippen LogP contribution in [0.15, 0.2) is 35.4 Å². The fraction of sp³-hybridized carbons (Fsp3) is 0.353. The Morgan fingerprint density at radius 3 is 2.68 bits per heavy atom. The van der Waals surface area contributed by atoms with Gasteiger partial charge in [-0.1, -0.05) is 30.3 Å². The third-order valence-electron chi connectivity index (χ3n) is 4.23. The van der Waals surface area contributed by atoms with Gasteiger partial charge in [-0.05, 0) is 30.9 Å². The molecule has 1 aromatic carbocycles. The van der Waals surface area contributed by atoms with Crippen LogP contribution in [0.5, 0.6) is 0 Å². The van der Waals surface area contributed by atoms with Gasteiger partial charge in [-0.2, -0.15) is 4.98 Å². The number of ether oxygens (including phenoxy) is 1. The minimum Gasteiger partial charge on any atom is -0.358 e. The number of benzene rings is 1. The molecule has 25 heavy (non-hydrogen) atoms. The summed E-state index contributed by atoms with van der Waals surface area (Å²) in [6.07, 6.45) is 4.39. The van der Waals surface area contributed by atoms with Crippen LogP contribution in [0.4, 0.5) is 0 Å². The Balaban J connectivity index is 2.02. The molecule has 2 atom stereocenters. The van der Waals surface area contributed by atoms with Gasteiger partial charge in [0.1, 0.15) is 17.6 Å². The zero-order valence-electron chi connectivity index (χ0n) is 13.7. The third-order valence-corrected chi connectivity index (χ3v) is 5.23. The Hall–Kier alpha value is -1.83. The lowest BCUT2D eigenvalue weighted by molar-refractivity contribution is -0.0287. The van der Waals surface area contributed by atoms with E-state index in [1.54, 1.807) is 6.26 Å². The van der Waals surface area contributed by atoms with Gasteiger partial charge >= 0.3 is 0 Å². The third kappa shape index (κ3) is 3.07. The standard InChI is InChI=1S/C17H17ClN4O2S/c1-25(23)16-13-15(20-17(18)21-16)22(12-9-5-6-10-24-12)14(19-13)11-7-3-2-4-8-11/h2-4,7-8,12H,5-6,9-10H2,1H3. The second kappa shape index (κ2) is 6.82. The predicted molar refractivity (Wildman–Crippen MR) is 96.9 cm³/mol. The molecule has 2 unspecified atom stereocenters. The van der Waals surface area contributed by atoms with Crippen molar-refractivity contribution in [1.29, 1.82) is 0 Å². The van der Waals surface area contributed by atoms with Gasteiger partial charge in [0, 0.05) is 18.4 Å². The molecule has 2 aromatic heterocycles. The molecule has 0 radical (unpaired) electrons. The molecule has 0 aliphatic carbocycles. The summed E-state index contributed by atoms with van der Waals surface area (Å²) in [5.74, 6) is 0.728. The number of rotatable bonds is 3. The Bertz CT molecular complexity index is 939. The van der Waals surface area contributed by atoms with E-state index in [2.05, 4.69) is 9.97 Å². The van der Waals surface area contributed by atoms with Crippen molar-refractivity contribution in [2.75, 3.05) is 12.9 Å². The highest BCUT2D eigenvalue weighted by molar-refractivity contribution is 7.84. The van der Waals surface area contributed by atoms with Crippen LogP contribution in [0.1, 0.15) is 25.5 Å². The first-order valence-electron chi connectivity index (χ1n) is 8.11. The second-order valence-electron chi connectivity index (χ2n) is 5.92. The van der Waals surface area contributed by atoms with E-state index in [0.717, 1.165) is 30.7 Å². The molecular weight excluding hydrogens is 360 g/mol. The first-order chi connectivity index (χ1) is 12.1. The van der Waals surface area contributed by atoms with E-state index < -0.39 is 10.8 Å². The van der Waals surface area contributed by atoms with Crippen molar-refractivity contribution in [2.24, 2.45) is 0 Å². The van der Waals surface area contributed by atoms with E-state index >= 15 is 0 Å². The second-order valence-corrected chi connectivity index (χ2v) is 7.55. The largest absolute Gasteiger partial charge is 0.358 e. The van der Waals surface area contributed by atoms with Crippen LogP contribution in [0, 0.1) is 0 Å². The quantitative estimate of drug-likeness (QED) is 0.516. The summed E-state index contributed by atoms with van der Waals surface area (Å²) in [6.45, 7) is 0.698. The average Bonchev–Trinajstić information content (AvgIpc) is 3.01. The van der Waals surface area contributed by atoms with Gasteiger partial charge in [-0.15, -0.1) is 0 Å². The number of fused-ring (bicyclic) bond motifs is 1. The Labute approximate surface area is 152 Å². The van der Waals surface area contributed by atoms with E-state index in [0.29, 0.717) is 22.8 Å². The fourth-order valence-corrected chi connectivity index (χ4v) is 3.95. The summed E-state index contributed by atoms with van der Waals surface area (Å²) in [7, 11) is -1.32. The zero-order chi connectivity index (χ0) is 17.4. The number of halogens is 1. The Morgan fingerprint density at radius 2 is 2.00 bits per heavy atom. The topological polar surface area (TPSA) is 69.9 Å². The van der Waals surface area contributed by atoms with E-state index in [9.17, 15) is 4.21 Å². The molecule has 0 spiro atoms. The van der Waals surface area contributed by atoms with Crippen molar-refractivity contribution >= 4 is 33.6 Å². The normalized spacial score (nSPS) is 19.2. The molecule has 0 bridgehead atoms. The molecule has 4 rings (SSSR count). The monoisotopic (exact) mass is 376 g/mol. The van der Waals surface area contributed by atoms with Crippen LogP contribution >= 0.6 is 11.6 Å². The van der Waals surface area contributed by atoms with Crippen LogP contribution in [0.3, 0.4) is 0 Å². The highest BCUT2D eigenvalue weighted by Gasteiger charge is 2.26. The lowest BCUT2D eigenvalue weighted by Gasteiger charge is -2.25. The van der Waals surface area contributed by atoms with Gasteiger partial charge in [0.2, 0.25) is 5.28 Å². The van der Waals surface area contributed by atoms with Gasteiger partial charge in [0.25, 0.3) is 0 Å². The summed E-state index contributed by atoms with van der Waals surface area (Å²) in [4.78, 5) is 13.2. The summed E-state index contributed by atoms with van der Waals surface area (Å²) >= 11 is 6.10. The number of nitrogens with zero attached hydrogens (tertiary/aromatic N) is 4. The highest BCUT2D eigenvalue weighted by Crippen LogP contribution is 2.34. The molecule has 130 valence electrons. The van der Waals surface area contributed by atoms with Crippen LogP contribution < -0.4 is 0 Å². The first kappa shape index (κ1) is 16.6. The van der Waals surface area contributed by atoms with Crippen molar-refractivity contribution in [3.63, 3.8) is 0 Å². The molecular formula is C17H17ClN4O2S. The summed E-state index contributed by atoms with van der Waals surface area (Å²) < 4.78 is 20.1. The van der Waals surface area contributed by atoms with Crippen molar-refractivity contribution in [3.05, 3.63) is 35.6 Å². The molecule has 0 N–H and O–H groups in total. The molecule has 0 saturated carbocycles. The SMILES string of the molecule is CS(=O)c1nc(Cl)nc2c1nc(-c1ccccc1)n2C1CCCCO1. The average molecular weight is 377 g/mol. The summed E-state index contributed by atoms with van der Waals surface area (Å²) in [6, 6.07) is 9.84. The smallest absolute Gasteiger partial charge is 0.225 e. The van der Waals surface area contributed by atoms with Crippen LogP contribution in [0.25, 0.3) is 22.6 Å². The molecule has 1 fully saturated rings. The number of aromatic nitrogens is 4. The first-order valence-corrected chi connectivity index (χ1v) is 10.0. The Kier molecular flexibility index (Phi) is 4.54. The molecule has 8 heteroatoms. The molecule has 0 amide bonds. The van der Waals surface area contributed by atoms with Crippen molar-refractivity contribution in [2.45, 2.75) is 30.5 Å². The molecule has 1 aliphatic heterocycles. The molecule has 3 heterocycles. The number of hydrogen-bond acceptors (Lipinski definition) is 5. The Morgan fingerprint density at radius 1 is 1.20 bits per heavy atom. The minimum absolute atomic E-state index is 0.0641. The van der Waals surface area contributed by atoms with Crippen molar-refractivity contribution in [3.8, 4) is 11.4 Å². The zero-order valence-corrected chi connectivity index (χ0v) is 15.3. The molecule has 1 aliphatic rings. The maximum absolute atomic E-state index is 12.1. The highest BCUT2D eigenvalue weighted by atomic mass is 35.5. The van der Waals surface area contributed by atoms with Crippen LogP contribution in [0.2, 0.25) is 5.28 Å². The lowest BCUT2D eigenvalue weighted by atomic mass is 10.1. The van der Waals surface area contributed by atoms with E-state index in [1.807, 2.05) is 34.9 Å². The van der Waals surface area contributed by atoms with Crippen molar-refractivity contribution in [1.82, 2.24) is 19.5 Å². The minimum atomic E-state index is -1.32. The number of imidazole rings is 1. The van der Waals surface area contributed by atoms with E-state index in [4.69, 9.17) is 21.3 Å². The maximum atomic E-state index is 12.1. The predicted octanol–water partition coefficient (Wildman–Crippen LogP) is 3.58. The van der Waals surface area contributed by atoms with Gasteiger partial charge < -0.3 is 4.74 Å². The van der Waals surface area contributed by atoms with Gasteiger partial charge in [0.15, 0.2) is 10.7 Å². The maximum Gasteiger partial charge on any atom is 0.225 e. The van der Waals surface area contributed by atoms with Gasteiger partial charge in [-0.3, -0.25) is 8.78 Å². The fourth-order valence-electron chi connectivity index (χ4n) is 3.12. The lowest BCUT2D eigenvalue weighted by Crippen LogP contribution is -2.19. The molecule has 1 saturated heterocycles. The van der Waals surface area contributed by atoms with Crippen LogP contribution in [-0.4, -0.2) is 36.6 Å². The number of hydrogen-bond donors (Lipinski definition) is 0. The molecule has 6 nitrogen and oxygen atoms in total. The van der Waals surface area contributed by atoms with Crippen molar-refractivity contribution < 1.29 is 8.95 Å². The van der Waals surface area contributed by atoms with Gasteiger partial charge in [-0.25, -0.2) is 9.97 Å².